The van der Waals surface area contributed by atoms with Gasteiger partial charge in [0.1, 0.15) is 5.75 Å². The number of Topliss-reactive ketones (excluding diaryl/α,β-unsaturated/α-hetero) is 1. The first-order chi connectivity index (χ1) is 13.4. The molecular weight excluding hydrogens is 348 g/mol. The van der Waals surface area contributed by atoms with Crippen molar-refractivity contribution in [2.75, 3.05) is 19.6 Å². The second-order valence-electron chi connectivity index (χ2n) is 7.81. The molecule has 0 unspecified atom stereocenters. The van der Waals surface area contributed by atoms with Crippen LogP contribution in [-0.2, 0) is 0 Å². The van der Waals surface area contributed by atoms with Crippen LogP contribution in [0, 0.1) is 0 Å². The Hall–Kier alpha value is -2.43. The molecule has 4 nitrogen and oxygen atoms in total. The summed E-state index contributed by atoms with van der Waals surface area (Å²) in [4.78, 5) is 16.6. The van der Waals surface area contributed by atoms with Gasteiger partial charge >= 0.3 is 0 Å². The number of nitrogens with zero attached hydrogens (tertiary/aromatic N) is 2. The van der Waals surface area contributed by atoms with E-state index in [4.69, 9.17) is 0 Å². The Morgan fingerprint density at radius 2 is 1.86 bits per heavy atom. The number of hydrogen-bond acceptors (Lipinski definition) is 4. The van der Waals surface area contributed by atoms with Crippen LogP contribution in [0.2, 0.25) is 0 Å². The summed E-state index contributed by atoms with van der Waals surface area (Å²) in [7, 11) is 0. The number of piperazine rings is 1. The van der Waals surface area contributed by atoms with Gasteiger partial charge in [0.25, 0.3) is 0 Å². The molecule has 1 N–H and O–H groups in total. The van der Waals surface area contributed by atoms with Gasteiger partial charge in [-0.2, -0.15) is 0 Å². The number of benzene rings is 2. The van der Waals surface area contributed by atoms with Gasteiger partial charge in [-0.15, -0.1) is 6.58 Å². The summed E-state index contributed by atoms with van der Waals surface area (Å²) in [5, 5.41) is 10.1. The molecule has 0 spiro atoms. The summed E-state index contributed by atoms with van der Waals surface area (Å²) in [5.41, 5.74) is 2.91. The lowest BCUT2D eigenvalue weighted by atomic mass is 9.92. The zero-order valence-electron chi connectivity index (χ0n) is 17.0. The lowest BCUT2D eigenvalue weighted by Gasteiger charge is -2.47. The smallest absolute Gasteiger partial charge is 0.159 e. The first-order valence-corrected chi connectivity index (χ1v) is 9.91. The van der Waals surface area contributed by atoms with E-state index < -0.39 is 0 Å². The average Bonchev–Trinajstić information content (AvgIpc) is 2.66. The molecule has 0 aliphatic carbocycles. The summed E-state index contributed by atoms with van der Waals surface area (Å²) >= 11 is 0. The Morgan fingerprint density at radius 3 is 2.46 bits per heavy atom. The van der Waals surface area contributed by atoms with Crippen molar-refractivity contribution in [3.63, 3.8) is 0 Å². The third-order valence-electron chi connectivity index (χ3n) is 5.68. The summed E-state index contributed by atoms with van der Waals surface area (Å²) in [6.07, 6.45) is 1.96. The predicted octanol–water partition coefficient (Wildman–Crippen LogP) is 4.26. The van der Waals surface area contributed by atoms with Crippen molar-refractivity contribution >= 4 is 5.78 Å². The normalized spacial score (nSPS) is 22.0. The molecule has 0 bridgehead atoms. The number of rotatable bonds is 6. The van der Waals surface area contributed by atoms with Crippen molar-refractivity contribution < 1.29 is 9.90 Å². The molecule has 2 aromatic rings. The highest BCUT2D eigenvalue weighted by atomic mass is 16.3. The molecule has 0 saturated carbocycles. The standard InChI is InChI=1S/C24H30N2O2/c1-5-13-25-15-18(3)26(16-17(25)2)24(22-7-6-8-23(28)14-22)21-11-9-20(10-12-21)19(4)27/h5-12,14,17-18,24,28H,1,13,15-16H2,2-4H3/t17-,18-,24-/m0/s1. The van der Waals surface area contributed by atoms with E-state index in [0.717, 1.165) is 36.3 Å². The number of hydrogen-bond donors (Lipinski definition) is 1. The van der Waals surface area contributed by atoms with Crippen molar-refractivity contribution in [2.24, 2.45) is 0 Å². The maximum Gasteiger partial charge on any atom is 0.159 e. The topological polar surface area (TPSA) is 43.8 Å². The molecule has 3 rings (SSSR count). The highest BCUT2D eigenvalue weighted by Crippen LogP contribution is 2.34. The molecular formula is C24H30N2O2. The van der Waals surface area contributed by atoms with Crippen molar-refractivity contribution in [1.82, 2.24) is 9.80 Å². The fourth-order valence-corrected chi connectivity index (χ4v) is 4.18. The number of ketones is 1. The van der Waals surface area contributed by atoms with Gasteiger partial charge in [-0.25, -0.2) is 0 Å². The maximum absolute atomic E-state index is 11.7. The molecule has 3 atom stereocenters. The van der Waals surface area contributed by atoms with Gasteiger partial charge < -0.3 is 5.11 Å². The number of carbonyl (C=O) groups excluding carboxylic acids is 1. The molecule has 0 aromatic heterocycles. The van der Waals surface area contributed by atoms with E-state index in [-0.39, 0.29) is 17.6 Å². The summed E-state index contributed by atoms with van der Waals surface area (Å²) in [6, 6.07) is 16.2. The Morgan fingerprint density at radius 1 is 1.14 bits per heavy atom. The Bertz CT molecular complexity index is 831. The number of phenols is 1. The SMILES string of the molecule is C=CCN1C[C@H](C)N([C@@H](c2ccc(C(C)=O)cc2)c2cccc(O)c2)C[C@@H]1C. The van der Waals surface area contributed by atoms with Crippen LogP contribution >= 0.6 is 0 Å². The van der Waals surface area contributed by atoms with Crippen LogP contribution in [-0.4, -0.2) is 52.4 Å². The fourth-order valence-electron chi connectivity index (χ4n) is 4.18. The van der Waals surface area contributed by atoms with Crippen LogP contribution in [0.15, 0.2) is 61.2 Å². The maximum atomic E-state index is 11.7. The molecule has 0 amide bonds. The van der Waals surface area contributed by atoms with Gasteiger partial charge in [-0.05, 0) is 44.0 Å². The van der Waals surface area contributed by atoms with E-state index in [9.17, 15) is 9.90 Å². The highest BCUT2D eigenvalue weighted by Gasteiger charge is 2.34. The Kier molecular flexibility index (Phi) is 6.32. The van der Waals surface area contributed by atoms with E-state index in [0.29, 0.717) is 12.1 Å². The first-order valence-electron chi connectivity index (χ1n) is 9.91. The molecule has 0 radical (unpaired) electrons. The second kappa shape index (κ2) is 8.72. The van der Waals surface area contributed by atoms with Gasteiger partial charge in [0.2, 0.25) is 0 Å². The molecule has 1 aliphatic heterocycles. The minimum absolute atomic E-state index is 0.0245. The van der Waals surface area contributed by atoms with Crippen molar-refractivity contribution in [3.8, 4) is 5.75 Å². The Balaban J connectivity index is 1.99. The van der Waals surface area contributed by atoms with Crippen LogP contribution in [0.3, 0.4) is 0 Å². The molecule has 1 fully saturated rings. The van der Waals surface area contributed by atoms with Crippen molar-refractivity contribution in [2.45, 2.75) is 38.9 Å². The van der Waals surface area contributed by atoms with E-state index in [1.54, 1.807) is 13.0 Å². The zero-order chi connectivity index (χ0) is 20.3. The van der Waals surface area contributed by atoms with E-state index in [2.05, 4.69) is 36.3 Å². The van der Waals surface area contributed by atoms with Gasteiger partial charge in [-0.1, -0.05) is 42.5 Å². The number of carbonyl (C=O) groups is 1. The molecule has 28 heavy (non-hydrogen) atoms. The Labute approximate surface area is 168 Å². The molecule has 2 aromatic carbocycles. The first kappa shape index (κ1) is 20.3. The minimum atomic E-state index is 0.0245. The van der Waals surface area contributed by atoms with Crippen LogP contribution in [0.4, 0.5) is 0 Å². The van der Waals surface area contributed by atoms with E-state index in [1.165, 1.54) is 0 Å². The van der Waals surface area contributed by atoms with Crippen LogP contribution < -0.4 is 0 Å². The van der Waals surface area contributed by atoms with E-state index in [1.807, 2.05) is 42.5 Å². The molecule has 1 aliphatic rings. The summed E-state index contributed by atoms with van der Waals surface area (Å²) in [5.74, 6) is 0.342. The van der Waals surface area contributed by atoms with Crippen LogP contribution in [0.1, 0.15) is 48.3 Å². The molecule has 1 heterocycles. The van der Waals surface area contributed by atoms with Crippen LogP contribution in [0.5, 0.6) is 5.75 Å². The highest BCUT2D eigenvalue weighted by molar-refractivity contribution is 5.94. The van der Waals surface area contributed by atoms with Crippen molar-refractivity contribution in [1.29, 1.82) is 0 Å². The molecule has 1 saturated heterocycles. The fraction of sp³-hybridized carbons (Fsp3) is 0.375. The number of aromatic hydroxyl groups is 1. The lowest BCUT2D eigenvalue weighted by Crippen LogP contribution is -2.57. The van der Waals surface area contributed by atoms with Gasteiger partial charge in [0.15, 0.2) is 5.78 Å². The largest absolute Gasteiger partial charge is 0.508 e. The van der Waals surface area contributed by atoms with Gasteiger partial charge in [-0.3, -0.25) is 14.6 Å². The summed E-state index contributed by atoms with van der Waals surface area (Å²) < 4.78 is 0. The zero-order valence-corrected chi connectivity index (χ0v) is 17.0. The minimum Gasteiger partial charge on any atom is -0.508 e. The monoisotopic (exact) mass is 378 g/mol. The summed E-state index contributed by atoms with van der Waals surface area (Å²) in [6.45, 7) is 12.8. The van der Waals surface area contributed by atoms with E-state index >= 15 is 0 Å². The quantitative estimate of drug-likeness (QED) is 0.602. The lowest BCUT2D eigenvalue weighted by molar-refractivity contribution is 0.0306. The third kappa shape index (κ3) is 4.34. The number of phenolic OH excluding ortho intramolecular Hbond substituents is 1. The van der Waals surface area contributed by atoms with Gasteiger partial charge in [0.05, 0.1) is 6.04 Å². The third-order valence-corrected chi connectivity index (χ3v) is 5.68. The van der Waals surface area contributed by atoms with Crippen LogP contribution in [0.25, 0.3) is 0 Å². The van der Waals surface area contributed by atoms with Crippen molar-refractivity contribution in [3.05, 3.63) is 77.9 Å². The average molecular weight is 379 g/mol. The molecule has 4 heteroatoms. The predicted molar refractivity (Wildman–Crippen MR) is 114 cm³/mol. The second-order valence-corrected chi connectivity index (χ2v) is 7.81. The van der Waals surface area contributed by atoms with Gasteiger partial charge in [0, 0.05) is 37.3 Å². The molecule has 148 valence electrons.